The maximum atomic E-state index is 12.4. The van der Waals surface area contributed by atoms with Crippen LogP contribution in [0.1, 0.15) is 25.1 Å². The van der Waals surface area contributed by atoms with E-state index in [0.29, 0.717) is 55.5 Å². The first-order chi connectivity index (χ1) is 12.4. The molecule has 1 aliphatic rings. The molecule has 2 aromatic heterocycles. The fourth-order valence-corrected chi connectivity index (χ4v) is 4.45. The smallest absolute Gasteiger partial charge is 0.340 e. The van der Waals surface area contributed by atoms with Gasteiger partial charge in [0.2, 0.25) is 15.9 Å². The van der Waals surface area contributed by atoms with Crippen molar-refractivity contribution >= 4 is 21.6 Å². The molecule has 0 unspecified atom stereocenters. The third kappa shape index (κ3) is 5.05. The van der Waals surface area contributed by atoms with Gasteiger partial charge in [-0.05, 0) is 25.3 Å². The first-order valence-corrected chi connectivity index (χ1v) is 10.3. The van der Waals surface area contributed by atoms with E-state index >= 15 is 0 Å². The number of nitrogens with zero attached hydrogens (tertiary/aromatic N) is 3. The monoisotopic (exact) mass is 401 g/mol. The highest BCUT2D eigenvalue weighted by molar-refractivity contribution is 7.89. The van der Waals surface area contributed by atoms with E-state index in [1.807, 2.05) is 0 Å². The van der Waals surface area contributed by atoms with Crippen LogP contribution in [-0.4, -0.2) is 57.8 Å². The Labute approximate surface area is 155 Å². The second-order valence-corrected chi connectivity index (χ2v) is 8.60. The Kier molecular flexibility index (Phi) is 5.94. The van der Waals surface area contributed by atoms with Crippen LogP contribution in [0.15, 0.2) is 23.1 Å². The number of pyridine rings is 1. The van der Waals surface area contributed by atoms with Crippen molar-refractivity contribution in [3.05, 3.63) is 39.7 Å². The van der Waals surface area contributed by atoms with Crippen LogP contribution in [0, 0.1) is 0 Å². The molecule has 142 valence electrons. The summed E-state index contributed by atoms with van der Waals surface area (Å²) in [5, 5.41) is 6.57. The van der Waals surface area contributed by atoms with Gasteiger partial charge in [-0.25, -0.2) is 27.6 Å². The fraction of sp³-hybridized carbons (Fsp3) is 0.533. The molecule has 0 radical (unpaired) electrons. The molecule has 9 nitrogen and oxygen atoms in total. The molecular formula is C15H20ClN5O4S. The van der Waals surface area contributed by atoms with Gasteiger partial charge in [-0.15, -0.1) is 0 Å². The van der Waals surface area contributed by atoms with E-state index in [1.54, 1.807) is 12.1 Å². The molecule has 0 spiro atoms. The molecule has 3 heterocycles. The molecule has 1 fully saturated rings. The lowest BCUT2D eigenvalue weighted by Crippen LogP contribution is -2.42. The highest BCUT2D eigenvalue weighted by atomic mass is 35.5. The Bertz CT molecular complexity index is 872. The summed E-state index contributed by atoms with van der Waals surface area (Å²) in [6.45, 7) is 0.833. The molecule has 0 aromatic carbocycles. The SMILES string of the molecule is O=c1[nH]nc(CCCS(=O)(=O)N2CCC(Oc3ccc(Cl)cn3)CC2)[nH]1. The standard InChI is InChI=1S/C15H20ClN5O4S/c16-11-3-4-14(17-10-11)25-12-5-7-21(8-6-12)26(23,24)9-1-2-13-18-15(22)20-19-13/h3-4,10,12H,1-2,5-9H2,(H2,18,19,20,22). The highest BCUT2D eigenvalue weighted by Crippen LogP contribution is 2.20. The summed E-state index contributed by atoms with van der Waals surface area (Å²) < 4.78 is 32.2. The predicted molar refractivity (Wildman–Crippen MR) is 95.8 cm³/mol. The Morgan fingerprint density at radius 1 is 1.31 bits per heavy atom. The first kappa shape index (κ1) is 18.9. The lowest BCUT2D eigenvalue weighted by molar-refractivity contribution is 0.130. The summed E-state index contributed by atoms with van der Waals surface area (Å²) in [4.78, 5) is 17.6. The summed E-state index contributed by atoms with van der Waals surface area (Å²) >= 11 is 5.79. The van der Waals surface area contributed by atoms with Gasteiger partial charge < -0.3 is 4.74 Å². The van der Waals surface area contributed by atoms with Crippen molar-refractivity contribution in [2.45, 2.75) is 31.8 Å². The highest BCUT2D eigenvalue weighted by Gasteiger charge is 2.28. The third-order valence-corrected chi connectivity index (χ3v) is 6.33. The third-order valence-electron chi connectivity index (χ3n) is 4.15. The second-order valence-electron chi connectivity index (χ2n) is 6.07. The lowest BCUT2D eigenvalue weighted by Gasteiger charge is -2.31. The van der Waals surface area contributed by atoms with Gasteiger partial charge in [-0.1, -0.05) is 11.6 Å². The maximum absolute atomic E-state index is 12.4. The molecule has 0 atom stereocenters. The number of ether oxygens (including phenoxy) is 1. The number of nitrogens with one attached hydrogen (secondary N) is 2. The topological polar surface area (TPSA) is 121 Å². The van der Waals surface area contributed by atoms with Crippen LogP contribution in [0.4, 0.5) is 0 Å². The number of hydrogen-bond acceptors (Lipinski definition) is 6. The van der Waals surface area contributed by atoms with Crippen LogP contribution < -0.4 is 10.4 Å². The average Bonchev–Trinajstić information content (AvgIpc) is 3.02. The molecule has 26 heavy (non-hydrogen) atoms. The molecule has 0 aliphatic carbocycles. The molecule has 2 aromatic rings. The van der Waals surface area contributed by atoms with Crippen molar-refractivity contribution in [2.24, 2.45) is 0 Å². The summed E-state index contributed by atoms with van der Waals surface area (Å²) in [6, 6.07) is 3.40. The van der Waals surface area contributed by atoms with E-state index in [0.717, 1.165) is 0 Å². The number of piperidine rings is 1. The van der Waals surface area contributed by atoms with Gasteiger partial charge in [0, 0.05) is 31.8 Å². The number of aromatic nitrogens is 4. The number of H-pyrrole nitrogens is 2. The number of halogens is 1. The van der Waals surface area contributed by atoms with Crippen LogP contribution >= 0.6 is 11.6 Å². The fourth-order valence-electron chi connectivity index (χ4n) is 2.81. The number of rotatable bonds is 7. The van der Waals surface area contributed by atoms with Crippen LogP contribution in [0.5, 0.6) is 5.88 Å². The molecular weight excluding hydrogens is 382 g/mol. The first-order valence-electron chi connectivity index (χ1n) is 8.32. The van der Waals surface area contributed by atoms with Gasteiger partial charge in [0.15, 0.2) is 0 Å². The molecule has 2 N–H and O–H groups in total. The van der Waals surface area contributed by atoms with Gasteiger partial charge in [0.25, 0.3) is 0 Å². The Balaban J connectivity index is 1.45. The second kappa shape index (κ2) is 8.19. The normalized spacial score (nSPS) is 16.7. The maximum Gasteiger partial charge on any atom is 0.340 e. The summed E-state index contributed by atoms with van der Waals surface area (Å²) in [5.74, 6) is 0.975. The minimum Gasteiger partial charge on any atom is -0.474 e. The van der Waals surface area contributed by atoms with Crippen LogP contribution in [-0.2, 0) is 16.4 Å². The number of sulfonamides is 1. The molecule has 1 saturated heterocycles. The summed E-state index contributed by atoms with van der Waals surface area (Å²) in [7, 11) is -3.33. The van der Waals surface area contributed by atoms with E-state index in [9.17, 15) is 13.2 Å². The van der Waals surface area contributed by atoms with E-state index < -0.39 is 10.0 Å². The Morgan fingerprint density at radius 3 is 2.69 bits per heavy atom. The van der Waals surface area contributed by atoms with Gasteiger partial charge in [-0.3, -0.25) is 4.98 Å². The summed E-state index contributed by atoms with van der Waals surface area (Å²) in [5.41, 5.74) is -0.389. The van der Waals surface area contributed by atoms with Crippen molar-refractivity contribution in [3.8, 4) is 5.88 Å². The zero-order chi connectivity index (χ0) is 18.6. The number of hydrogen-bond donors (Lipinski definition) is 2. The minimum absolute atomic E-state index is 0.0200. The molecule has 0 saturated carbocycles. The predicted octanol–water partition coefficient (Wildman–Crippen LogP) is 0.952. The lowest BCUT2D eigenvalue weighted by atomic mass is 10.1. The summed E-state index contributed by atoms with van der Waals surface area (Å²) in [6.07, 6.45) is 3.47. The molecule has 0 amide bonds. The Morgan fingerprint density at radius 2 is 2.08 bits per heavy atom. The van der Waals surface area contributed by atoms with Crippen molar-refractivity contribution in [1.29, 1.82) is 0 Å². The molecule has 0 bridgehead atoms. The van der Waals surface area contributed by atoms with Crippen LogP contribution in [0.3, 0.4) is 0 Å². The van der Waals surface area contributed by atoms with Crippen molar-refractivity contribution in [1.82, 2.24) is 24.5 Å². The van der Waals surface area contributed by atoms with E-state index in [-0.39, 0.29) is 17.5 Å². The zero-order valence-corrected chi connectivity index (χ0v) is 15.6. The average molecular weight is 402 g/mol. The minimum atomic E-state index is -3.33. The van der Waals surface area contributed by atoms with E-state index in [4.69, 9.17) is 16.3 Å². The van der Waals surface area contributed by atoms with Crippen molar-refractivity contribution in [2.75, 3.05) is 18.8 Å². The van der Waals surface area contributed by atoms with Crippen LogP contribution in [0.25, 0.3) is 0 Å². The molecule has 3 rings (SSSR count). The van der Waals surface area contributed by atoms with Gasteiger partial charge in [0.05, 0.1) is 10.8 Å². The molecule has 11 heteroatoms. The van der Waals surface area contributed by atoms with Gasteiger partial charge in [0.1, 0.15) is 11.9 Å². The van der Waals surface area contributed by atoms with Gasteiger partial charge in [-0.2, -0.15) is 5.10 Å². The van der Waals surface area contributed by atoms with Crippen molar-refractivity contribution < 1.29 is 13.2 Å². The van der Waals surface area contributed by atoms with Gasteiger partial charge >= 0.3 is 5.69 Å². The van der Waals surface area contributed by atoms with Crippen molar-refractivity contribution in [3.63, 3.8) is 0 Å². The number of aryl methyl sites for hydroxylation is 1. The number of aromatic amines is 2. The van der Waals surface area contributed by atoms with E-state index in [1.165, 1.54) is 10.5 Å². The van der Waals surface area contributed by atoms with E-state index in [2.05, 4.69) is 20.2 Å². The molecule has 1 aliphatic heterocycles. The Hall–Kier alpha value is -1.91. The quantitative estimate of drug-likeness (QED) is 0.712. The largest absolute Gasteiger partial charge is 0.474 e. The zero-order valence-electron chi connectivity index (χ0n) is 14.0. The van der Waals surface area contributed by atoms with Crippen LogP contribution in [0.2, 0.25) is 5.02 Å².